The van der Waals surface area contributed by atoms with Crippen LogP contribution in [-0.2, 0) is 24.1 Å². The number of carbonyl (C=O) groups excluding carboxylic acids is 1. The Kier molecular flexibility index (Phi) is 12.5. The Labute approximate surface area is 250 Å². The Morgan fingerprint density at radius 2 is 1.35 bits per heavy atom. The zero-order chi connectivity index (χ0) is 30.9. The number of carboxylic acids is 1. The van der Waals surface area contributed by atoms with Crippen molar-refractivity contribution in [2.75, 3.05) is 13.2 Å². The van der Waals surface area contributed by atoms with Gasteiger partial charge in [0.25, 0.3) is 0 Å². The van der Waals surface area contributed by atoms with Gasteiger partial charge in [-0.25, -0.2) is 4.89 Å². The van der Waals surface area contributed by atoms with Gasteiger partial charge in [0.05, 0.1) is 37.3 Å². The van der Waals surface area contributed by atoms with Gasteiger partial charge in [0.1, 0.15) is 5.92 Å². The molecule has 4 fully saturated rings. The van der Waals surface area contributed by atoms with Crippen LogP contribution < -0.4 is 10.8 Å². The van der Waals surface area contributed by atoms with Crippen LogP contribution in [0, 0.1) is 43.9 Å². The first-order valence-electron chi connectivity index (χ1n) is 15.8. The summed E-state index contributed by atoms with van der Waals surface area (Å²) in [5.41, 5.74) is 3.13. The number of aliphatic carboxylic acids is 1. The fraction of sp³-hybridized carbons (Fsp3) is 0.929. The highest BCUT2D eigenvalue weighted by Crippen LogP contribution is 2.35. The van der Waals surface area contributed by atoms with E-state index in [9.17, 15) is 34.9 Å². The predicted octanol–water partition coefficient (Wildman–Crippen LogP) is 2.96. The number of hydroxylamine groups is 1. The summed E-state index contributed by atoms with van der Waals surface area (Å²) in [5.74, 6) is -4.33. The quantitative estimate of drug-likeness (QED) is 0.134. The number of ether oxygens (including phenoxy) is 1. The van der Waals surface area contributed by atoms with E-state index in [4.69, 9.17) is 14.8 Å². The maximum Gasteiger partial charge on any atom is 0.314 e. The zero-order valence-electron chi connectivity index (χ0n) is 24.6. The third-order valence-electron chi connectivity index (χ3n) is 10.1. The lowest BCUT2D eigenvalue weighted by Crippen LogP contribution is -2.50. The summed E-state index contributed by atoms with van der Waals surface area (Å²) in [7, 11) is 0. The van der Waals surface area contributed by atoms with Crippen LogP contribution in [0.2, 0.25) is 0 Å². The molecule has 0 aromatic rings. The highest BCUT2D eigenvalue weighted by Gasteiger charge is 2.49. The lowest BCUT2D eigenvalue weighted by molar-refractivity contribution is -0.541. The Bertz CT molecular complexity index is 955. The molecule has 1 amide bonds. The fourth-order valence-electron chi connectivity index (χ4n) is 7.69. The zero-order valence-corrected chi connectivity index (χ0v) is 24.6. The number of nitrogens with zero attached hydrogens (tertiary/aromatic N) is 2. The number of rotatable bonds is 13. The van der Waals surface area contributed by atoms with Gasteiger partial charge in [-0.3, -0.25) is 35.1 Å². The molecular formula is C28H46N4O11. The van der Waals surface area contributed by atoms with E-state index < -0.39 is 46.6 Å². The molecule has 6 unspecified atom stereocenters. The molecule has 15 heteroatoms. The molecule has 4 aliphatic rings. The van der Waals surface area contributed by atoms with Crippen molar-refractivity contribution >= 4 is 11.9 Å². The van der Waals surface area contributed by atoms with Crippen molar-refractivity contribution in [3.8, 4) is 0 Å². The largest absolute Gasteiger partial charge is 0.481 e. The molecule has 244 valence electrons. The summed E-state index contributed by atoms with van der Waals surface area (Å²) in [6.07, 6.45) is 9.70. The molecule has 15 nitrogen and oxygen atoms in total. The average molecular weight is 615 g/mol. The number of hydrogen-bond acceptors (Lipinski definition) is 11. The smallest absolute Gasteiger partial charge is 0.314 e. The maximum absolute atomic E-state index is 12.9. The number of carbonyl (C=O) groups is 2. The lowest BCUT2D eigenvalue weighted by atomic mass is 9.75. The molecule has 0 aromatic heterocycles. The van der Waals surface area contributed by atoms with Gasteiger partial charge in [0.2, 0.25) is 18.0 Å². The van der Waals surface area contributed by atoms with Gasteiger partial charge in [-0.2, -0.15) is 5.48 Å². The first kappa shape index (κ1) is 33.4. The predicted molar refractivity (Wildman–Crippen MR) is 150 cm³/mol. The van der Waals surface area contributed by atoms with Gasteiger partial charge in [0.15, 0.2) is 0 Å². The molecule has 4 aliphatic carbocycles. The number of nitro groups is 2. The molecule has 0 bridgehead atoms. The summed E-state index contributed by atoms with van der Waals surface area (Å²) >= 11 is 0. The number of nitrogens with one attached hydrogen (secondary N) is 2. The van der Waals surface area contributed by atoms with Crippen LogP contribution in [0.25, 0.3) is 0 Å². The van der Waals surface area contributed by atoms with Gasteiger partial charge >= 0.3 is 5.97 Å². The number of amides is 1. The second-order valence-electron chi connectivity index (χ2n) is 12.8. The minimum absolute atomic E-state index is 0.0670. The van der Waals surface area contributed by atoms with Crippen LogP contribution in [0.5, 0.6) is 0 Å². The first-order valence-corrected chi connectivity index (χ1v) is 15.8. The van der Waals surface area contributed by atoms with Crippen molar-refractivity contribution in [3.05, 3.63) is 20.2 Å². The Hall–Kier alpha value is -2.46. The van der Waals surface area contributed by atoms with Crippen molar-refractivity contribution in [2.24, 2.45) is 23.7 Å². The normalized spacial score (nSPS) is 36.9. The minimum Gasteiger partial charge on any atom is -0.481 e. The number of hydrogen-bond donors (Lipinski definition) is 4. The Morgan fingerprint density at radius 1 is 0.767 bits per heavy atom. The van der Waals surface area contributed by atoms with Crippen molar-refractivity contribution in [1.82, 2.24) is 10.8 Å². The van der Waals surface area contributed by atoms with Crippen molar-refractivity contribution in [1.29, 1.82) is 0 Å². The first-order chi connectivity index (χ1) is 20.7. The molecule has 4 saturated carbocycles. The van der Waals surface area contributed by atoms with E-state index in [-0.39, 0.29) is 48.2 Å². The van der Waals surface area contributed by atoms with Gasteiger partial charge in [-0.1, -0.05) is 0 Å². The summed E-state index contributed by atoms with van der Waals surface area (Å²) in [6.45, 7) is 0.245. The maximum atomic E-state index is 12.9. The topological polar surface area (TPSA) is 213 Å². The van der Waals surface area contributed by atoms with E-state index in [1.165, 1.54) is 0 Å². The molecule has 0 spiro atoms. The molecule has 0 saturated heterocycles. The monoisotopic (exact) mass is 614 g/mol. The second-order valence-corrected chi connectivity index (χ2v) is 12.8. The van der Waals surface area contributed by atoms with E-state index in [2.05, 4.69) is 15.7 Å². The molecule has 4 rings (SSSR count). The summed E-state index contributed by atoms with van der Waals surface area (Å²) in [4.78, 5) is 56.7. The summed E-state index contributed by atoms with van der Waals surface area (Å²) < 4.78 is 6.38. The van der Waals surface area contributed by atoms with E-state index in [1.54, 1.807) is 0 Å². The lowest BCUT2D eigenvalue weighted by Gasteiger charge is -2.36. The molecule has 0 heterocycles. The Balaban J connectivity index is 1.12. The van der Waals surface area contributed by atoms with Crippen LogP contribution >= 0.6 is 0 Å². The highest BCUT2D eigenvalue weighted by molar-refractivity contribution is 5.85. The molecule has 6 atom stereocenters. The molecule has 4 N–H and O–H groups in total. The highest BCUT2D eigenvalue weighted by atomic mass is 17.1. The van der Waals surface area contributed by atoms with Crippen LogP contribution in [0.4, 0.5) is 0 Å². The molecule has 0 radical (unpaired) electrons. The van der Waals surface area contributed by atoms with E-state index in [1.807, 2.05) is 0 Å². The summed E-state index contributed by atoms with van der Waals surface area (Å²) in [5, 5.41) is 44.2. The van der Waals surface area contributed by atoms with Gasteiger partial charge in [-0.05, 0) is 83.0 Å². The Morgan fingerprint density at radius 3 is 1.93 bits per heavy atom. The third kappa shape index (κ3) is 9.03. The molecule has 0 aliphatic heterocycles. The van der Waals surface area contributed by atoms with Crippen LogP contribution in [-0.4, -0.2) is 81.7 Å². The van der Waals surface area contributed by atoms with E-state index >= 15 is 0 Å². The van der Waals surface area contributed by atoms with Crippen LogP contribution in [0.1, 0.15) is 89.9 Å². The van der Waals surface area contributed by atoms with Crippen molar-refractivity contribution in [2.45, 2.75) is 126 Å². The number of carboxylic acid groups (broad SMARTS) is 1. The van der Waals surface area contributed by atoms with Crippen molar-refractivity contribution in [3.63, 3.8) is 0 Å². The van der Waals surface area contributed by atoms with Crippen molar-refractivity contribution < 1.29 is 44.3 Å². The van der Waals surface area contributed by atoms with E-state index in [0.717, 1.165) is 51.4 Å². The fourth-order valence-corrected chi connectivity index (χ4v) is 7.69. The second kappa shape index (κ2) is 16.0. The summed E-state index contributed by atoms with van der Waals surface area (Å²) in [6, 6.07) is -1.90. The van der Waals surface area contributed by atoms with Crippen LogP contribution in [0.3, 0.4) is 0 Å². The van der Waals surface area contributed by atoms with E-state index in [0.29, 0.717) is 38.7 Å². The molecule has 0 aromatic carbocycles. The van der Waals surface area contributed by atoms with Crippen LogP contribution in [0.15, 0.2) is 0 Å². The van der Waals surface area contributed by atoms with Gasteiger partial charge in [-0.15, -0.1) is 0 Å². The van der Waals surface area contributed by atoms with Gasteiger partial charge in [0, 0.05) is 34.8 Å². The molecular weight excluding hydrogens is 568 g/mol. The minimum atomic E-state index is -1.30. The third-order valence-corrected chi connectivity index (χ3v) is 10.1. The van der Waals surface area contributed by atoms with Gasteiger partial charge < -0.3 is 20.0 Å². The average Bonchev–Trinajstić information content (AvgIpc) is 2.99. The standard InChI is InChI=1S/C28H46N4O11/c33-27(22-4-2-6-25(32(38)39)26(22)28(34)35)29-18-7-11-20(12-8-18)43-21-13-9-19(10-14-21)30-41-15-17-3-1-5-24(31(36)37)23(17)16-42-40/h17-26,30,40H,1-16H2,(H,29,33)(H,34,35). The molecule has 43 heavy (non-hydrogen) atoms. The SMILES string of the molecule is O=C(NC1CCC(OC2CCC(NOCC3CCCC([N+](=O)[O-])C3COO)CC2)CC1)C1CCCC([N+](=O)[O-])C1C(=O)O.